The Hall–Kier alpha value is -5.51. The second-order valence-corrected chi connectivity index (χ2v) is 14.1. The van der Waals surface area contributed by atoms with Crippen molar-refractivity contribution in [1.29, 1.82) is 0 Å². The van der Waals surface area contributed by atoms with E-state index in [-0.39, 0.29) is 5.41 Å². The monoisotopic (exact) mass is 632 g/mol. The Morgan fingerprint density at radius 1 is 0.479 bits per heavy atom. The van der Waals surface area contributed by atoms with Crippen molar-refractivity contribution in [3.63, 3.8) is 0 Å². The third-order valence-electron chi connectivity index (χ3n) is 9.69. The van der Waals surface area contributed by atoms with Crippen LogP contribution in [0.25, 0.3) is 66.6 Å². The molecule has 0 saturated carbocycles. The summed E-state index contributed by atoms with van der Waals surface area (Å²) in [6.07, 6.45) is 0. The molecule has 228 valence electrons. The van der Waals surface area contributed by atoms with Gasteiger partial charge in [-0.3, -0.25) is 0 Å². The maximum Gasteiger partial charge on any atom is 0.160 e. The number of hydrogen-bond donors (Lipinski definition) is 0. The molecule has 0 amide bonds. The number of fused-ring (bicyclic) bond motifs is 4. The summed E-state index contributed by atoms with van der Waals surface area (Å²) >= 11 is 1.88. The highest BCUT2D eigenvalue weighted by molar-refractivity contribution is 7.99. The molecule has 0 unspecified atom stereocenters. The predicted octanol–water partition coefficient (Wildman–Crippen LogP) is 12.2. The number of para-hydroxylation sites is 1. The van der Waals surface area contributed by atoms with E-state index in [1.807, 2.05) is 17.8 Å². The van der Waals surface area contributed by atoms with Gasteiger partial charge >= 0.3 is 0 Å². The Labute approximate surface area is 285 Å². The van der Waals surface area contributed by atoms with E-state index < -0.39 is 0 Å². The average molecular weight is 633 g/mol. The highest BCUT2D eigenvalue weighted by Crippen LogP contribution is 2.52. The topological polar surface area (TPSA) is 25.8 Å². The first-order chi connectivity index (χ1) is 23.5. The van der Waals surface area contributed by atoms with Crippen LogP contribution in [0.4, 0.5) is 0 Å². The molecular weight excluding hydrogens is 601 g/mol. The van der Waals surface area contributed by atoms with Gasteiger partial charge in [0.1, 0.15) is 0 Å². The van der Waals surface area contributed by atoms with E-state index in [4.69, 9.17) is 9.97 Å². The van der Waals surface area contributed by atoms with E-state index in [1.165, 1.54) is 48.4 Å². The second-order valence-electron chi connectivity index (χ2n) is 13.0. The van der Waals surface area contributed by atoms with Gasteiger partial charge in [-0.05, 0) is 80.6 Å². The molecule has 0 bridgehead atoms. The second kappa shape index (κ2) is 11.3. The van der Waals surface area contributed by atoms with Crippen molar-refractivity contribution in [2.24, 2.45) is 0 Å². The maximum atomic E-state index is 5.22. The molecule has 8 aromatic rings. The number of hydrogen-bond acceptors (Lipinski definition) is 3. The molecule has 0 fully saturated rings. The Morgan fingerprint density at radius 3 is 2.02 bits per heavy atom. The van der Waals surface area contributed by atoms with Crippen molar-refractivity contribution in [2.45, 2.75) is 29.1 Å². The van der Waals surface area contributed by atoms with Gasteiger partial charge in [-0.25, -0.2) is 9.97 Å². The predicted molar refractivity (Wildman–Crippen MR) is 201 cm³/mol. The Bertz CT molecular complexity index is 2530. The standard InChI is InChI=1S/C45H32N2S/c1-45(2)38-20-6-8-22-40(38)48-41-23-11-19-36(42(41)45)33-16-9-14-31(26-33)32-15-10-17-35(28-32)44-46-39-21-7-5-18-37(39)43(47-44)34-25-24-29-12-3-4-13-30(29)27-34/h3-28H,1-2H3. The Balaban J connectivity index is 1.13. The van der Waals surface area contributed by atoms with Crippen molar-refractivity contribution in [3.05, 3.63) is 169 Å². The van der Waals surface area contributed by atoms with E-state index in [9.17, 15) is 0 Å². The molecule has 2 heterocycles. The van der Waals surface area contributed by atoms with Gasteiger partial charge in [-0.1, -0.05) is 147 Å². The summed E-state index contributed by atoms with van der Waals surface area (Å²) < 4.78 is 0. The number of benzene rings is 7. The molecule has 0 radical (unpaired) electrons. The Kier molecular flexibility index (Phi) is 6.77. The quantitative estimate of drug-likeness (QED) is 0.193. The van der Waals surface area contributed by atoms with Crippen LogP contribution in [0.5, 0.6) is 0 Å². The molecule has 0 atom stereocenters. The summed E-state index contributed by atoms with van der Waals surface area (Å²) in [5, 5.41) is 3.47. The Morgan fingerprint density at radius 2 is 1.15 bits per heavy atom. The molecule has 7 aromatic carbocycles. The molecule has 0 spiro atoms. The van der Waals surface area contributed by atoms with Crippen LogP contribution in [-0.4, -0.2) is 9.97 Å². The molecule has 1 aliphatic heterocycles. The van der Waals surface area contributed by atoms with E-state index in [0.717, 1.165) is 39.1 Å². The van der Waals surface area contributed by atoms with Crippen molar-refractivity contribution in [2.75, 3.05) is 0 Å². The first-order valence-electron chi connectivity index (χ1n) is 16.4. The summed E-state index contributed by atoms with van der Waals surface area (Å²) in [7, 11) is 0. The van der Waals surface area contributed by atoms with Gasteiger partial charge in [-0.15, -0.1) is 0 Å². The lowest BCUT2D eigenvalue weighted by atomic mass is 9.74. The molecule has 48 heavy (non-hydrogen) atoms. The van der Waals surface area contributed by atoms with Crippen LogP contribution in [0, 0.1) is 0 Å². The van der Waals surface area contributed by atoms with Crippen LogP contribution >= 0.6 is 11.8 Å². The molecule has 0 N–H and O–H groups in total. The lowest BCUT2D eigenvalue weighted by Gasteiger charge is -2.36. The highest BCUT2D eigenvalue weighted by atomic mass is 32.2. The van der Waals surface area contributed by atoms with Gasteiger partial charge < -0.3 is 0 Å². The van der Waals surface area contributed by atoms with Crippen molar-refractivity contribution in [3.8, 4) is 44.9 Å². The SMILES string of the molecule is CC1(C)c2ccccc2Sc2cccc(-c3cccc(-c4cccc(-c5nc(-c6ccc7ccccc7c6)c6ccccc6n5)c4)c3)c21. The van der Waals surface area contributed by atoms with Crippen molar-refractivity contribution < 1.29 is 0 Å². The largest absolute Gasteiger partial charge is 0.228 e. The third-order valence-corrected chi connectivity index (χ3v) is 10.8. The van der Waals surface area contributed by atoms with Crippen LogP contribution in [0.1, 0.15) is 25.0 Å². The number of aromatic nitrogens is 2. The zero-order valence-electron chi connectivity index (χ0n) is 26.8. The summed E-state index contributed by atoms with van der Waals surface area (Å²) in [6.45, 7) is 4.72. The van der Waals surface area contributed by atoms with Crippen LogP contribution in [0.3, 0.4) is 0 Å². The minimum atomic E-state index is -0.111. The normalized spacial score (nSPS) is 13.3. The highest BCUT2D eigenvalue weighted by Gasteiger charge is 2.35. The molecule has 1 aliphatic rings. The summed E-state index contributed by atoms with van der Waals surface area (Å²) in [6, 6.07) is 56.5. The summed E-state index contributed by atoms with van der Waals surface area (Å²) in [5.74, 6) is 0.726. The minimum absolute atomic E-state index is 0.111. The van der Waals surface area contributed by atoms with Crippen LogP contribution < -0.4 is 0 Å². The van der Waals surface area contributed by atoms with E-state index in [0.29, 0.717) is 0 Å². The van der Waals surface area contributed by atoms with Crippen LogP contribution in [0.15, 0.2) is 168 Å². The van der Waals surface area contributed by atoms with E-state index in [1.54, 1.807) is 0 Å². The van der Waals surface area contributed by atoms with Crippen LogP contribution in [-0.2, 0) is 5.41 Å². The van der Waals surface area contributed by atoms with Gasteiger partial charge in [-0.2, -0.15) is 0 Å². The zero-order chi connectivity index (χ0) is 32.2. The van der Waals surface area contributed by atoms with Crippen molar-refractivity contribution in [1.82, 2.24) is 9.97 Å². The zero-order valence-corrected chi connectivity index (χ0v) is 27.6. The van der Waals surface area contributed by atoms with Gasteiger partial charge in [0.25, 0.3) is 0 Å². The summed E-state index contributed by atoms with van der Waals surface area (Å²) in [4.78, 5) is 13.0. The molecule has 9 rings (SSSR count). The lowest BCUT2D eigenvalue weighted by molar-refractivity contribution is 0.609. The third kappa shape index (κ3) is 4.82. The smallest absolute Gasteiger partial charge is 0.160 e. The number of nitrogens with zero attached hydrogens (tertiary/aromatic N) is 2. The molecule has 3 heteroatoms. The average Bonchev–Trinajstić information content (AvgIpc) is 3.14. The van der Waals surface area contributed by atoms with Gasteiger partial charge in [0, 0.05) is 31.7 Å². The van der Waals surface area contributed by atoms with Gasteiger partial charge in [0.2, 0.25) is 0 Å². The van der Waals surface area contributed by atoms with Crippen LogP contribution in [0.2, 0.25) is 0 Å². The fraction of sp³-hybridized carbons (Fsp3) is 0.0667. The maximum absolute atomic E-state index is 5.22. The molecule has 0 saturated heterocycles. The molecule has 0 aliphatic carbocycles. The lowest BCUT2D eigenvalue weighted by Crippen LogP contribution is -2.24. The first kappa shape index (κ1) is 28.7. The molecule has 2 nitrogen and oxygen atoms in total. The number of rotatable bonds is 4. The molecular formula is C45H32N2S. The van der Waals surface area contributed by atoms with Gasteiger partial charge in [0.15, 0.2) is 5.82 Å². The minimum Gasteiger partial charge on any atom is -0.228 e. The van der Waals surface area contributed by atoms with E-state index in [2.05, 4.69) is 166 Å². The van der Waals surface area contributed by atoms with Gasteiger partial charge in [0.05, 0.1) is 11.2 Å². The van der Waals surface area contributed by atoms with E-state index >= 15 is 0 Å². The molecule has 1 aromatic heterocycles. The van der Waals surface area contributed by atoms with Crippen molar-refractivity contribution >= 4 is 33.4 Å². The fourth-order valence-electron chi connectivity index (χ4n) is 7.29. The summed E-state index contributed by atoms with van der Waals surface area (Å²) in [5.41, 5.74) is 11.5. The first-order valence-corrected chi connectivity index (χ1v) is 17.2. The fourth-order valence-corrected chi connectivity index (χ4v) is 8.72.